The number of ether oxygens (including phenoxy) is 1. The lowest BCUT2D eigenvalue weighted by molar-refractivity contribution is -0.128. The molecule has 3 amide bonds. The second kappa shape index (κ2) is 12.9. The third-order valence-electron chi connectivity index (χ3n) is 5.39. The highest BCUT2D eigenvalue weighted by molar-refractivity contribution is 5.88. The highest BCUT2D eigenvalue weighted by Gasteiger charge is 2.31. The summed E-state index contributed by atoms with van der Waals surface area (Å²) in [7, 11) is 0. The van der Waals surface area contributed by atoms with E-state index in [0.717, 1.165) is 16.7 Å². The molecule has 8 nitrogen and oxygen atoms in total. The molecule has 0 aliphatic rings. The van der Waals surface area contributed by atoms with E-state index in [1.54, 1.807) is 0 Å². The van der Waals surface area contributed by atoms with Crippen molar-refractivity contribution in [1.29, 1.82) is 0 Å². The van der Waals surface area contributed by atoms with Crippen LogP contribution in [-0.4, -0.2) is 41.7 Å². The van der Waals surface area contributed by atoms with Gasteiger partial charge in [0.15, 0.2) is 0 Å². The van der Waals surface area contributed by atoms with Gasteiger partial charge in [0.2, 0.25) is 11.8 Å². The second-order valence-electron chi connectivity index (χ2n) is 8.05. The molecule has 0 aliphatic carbocycles. The van der Waals surface area contributed by atoms with E-state index in [9.17, 15) is 19.5 Å². The van der Waals surface area contributed by atoms with Gasteiger partial charge in [-0.3, -0.25) is 9.59 Å². The van der Waals surface area contributed by atoms with Crippen molar-refractivity contribution >= 4 is 17.9 Å². The number of aliphatic hydroxyl groups is 1. The molecule has 3 aromatic rings. The Bertz CT molecular complexity index is 1050. The second-order valence-corrected chi connectivity index (χ2v) is 8.05. The summed E-state index contributed by atoms with van der Waals surface area (Å²) in [5, 5.41) is 15.3. The molecule has 0 saturated heterocycles. The summed E-state index contributed by atoms with van der Waals surface area (Å²) in [6, 6.07) is 26.7. The first kappa shape index (κ1) is 25.5. The van der Waals surface area contributed by atoms with Crippen molar-refractivity contribution in [3.63, 3.8) is 0 Å². The highest BCUT2D eigenvalue weighted by Crippen LogP contribution is 2.28. The number of nitrogens with one attached hydrogen (secondary N) is 2. The third-order valence-corrected chi connectivity index (χ3v) is 5.39. The summed E-state index contributed by atoms with van der Waals surface area (Å²) in [6.45, 7) is -0.104. The number of primary amides is 1. The molecule has 0 fully saturated rings. The highest BCUT2D eigenvalue weighted by atomic mass is 16.5. The molecule has 182 valence electrons. The SMILES string of the molecule is NC(=O)[C@@H](NC(=O)C[C@H](O)CNC(=O)OCc1ccccc1)C(c1ccccc1)c1ccccc1. The molecule has 0 saturated carbocycles. The minimum absolute atomic E-state index is 0.0872. The number of nitrogens with two attached hydrogens (primary N) is 1. The minimum atomic E-state index is -1.18. The number of hydrogen-bond acceptors (Lipinski definition) is 5. The zero-order valence-corrected chi connectivity index (χ0v) is 19.2. The summed E-state index contributed by atoms with van der Waals surface area (Å²) < 4.78 is 5.09. The van der Waals surface area contributed by atoms with Gasteiger partial charge in [-0.1, -0.05) is 91.0 Å². The van der Waals surface area contributed by atoms with Gasteiger partial charge in [-0.2, -0.15) is 0 Å². The van der Waals surface area contributed by atoms with Crippen LogP contribution < -0.4 is 16.4 Å². The minimum Gasteiger partial charge on any atom is -0.445 e. The van der Waals surface area contributed by atoms with Gasteiger partial charge in [-0.05, 0) is 16.7 Å². The molecule has 5 N–H and O–H groups in total. The van der Waals surface area contributed by atoms with Gasteiger partial charge in [0.1, 0.15) is 12.6 Å². The predicted molar refractivity (Wildman–Crippen MR) is 131 cm³/mol. The van der Waals surface area contributed by atoms with E-state index in [1.165, 1.54) is 0 Å². The van der Waals surface area contributed by atoms with Crippen LogP contribution in [-0.2, 0) is 20.9 Å². The Balaban J connectivity index is 1.57. The molecule has 2 atom stereocenters. The van der Waals surface area contributed by atoms with Gasteiger partial charge in [-0.25, -0.2) is 4.79 Å². The van der Waals surface area contributed by atoms with Crippen LogP contribution in [0.4, 0.5) is 4.79 Å². The van der Waals surface area contributed by atoms with Crippen LogP contribution in [0, 0.1) is 0 Å². The monoisotopic (exact) mass is 475 g/mol. The molecule has 0 unspecified atom stereocenters. The van der Waals surface area contributed by atoms with Gasteiger partial charge in [0.05, 0.1) is 12.5 Å². The first-order valence-electron chi connectivity index (χ1n) is 11.2. The molecule has 0 bridgehead atoms. The standard InChI is InChI=1S/C27H29N3O5/c28-26(33)25(24(20-12-6-2-7-13-20)21-14-8-3-9-15-21)30-23(32)16-22(31)17-29-27(34)35-18-19-10-4-1-5-11-19/h1-15,22,24-25,31H,16-18H2,(H2,28,33)(H,29,34)(H,30,32)/t22-,25-/m0/s1. The Morgan fingerprint density at radius 1 is 0.829 bits per heavy atom. The summed E-state index contributed by atoms with van der Waals surface area (Å²) in [6.07, 6.45) is -2.23. The molecular weight excluding hydrogens is 446 g/mol. The van der Waals surface area contributed by atoms with Crippen molar-refractivity contribution in [2.75, 3.05) is 6.54 Å². The maximum atomic E-state index is 12.7. The molecule has 3 aromatic carbocycles. The van der Waals surface area contributed by atoms with Crippen LogP contribution in [0.3, 0.4) is 0 Å². The maximum absolute atomic E-state index is 12.7. The Hall–Kier alpha value is -4.17. The molecule has 0 radical (unpaired) electrons. The largest absolute Gasteiger partial charge is 0.445 e. The number of alkyl carbamates (subject to hydrolysis) is 1. The van der Waals surface area contributed by atoms with Crippen LogP contribution in [0.15, 0.2) is 91.0 Å². The first-order chi connectivity index (χ1) is 16.9. The van der Waals surface area contributed by atoms with E-state index in [2.05, 4.69) is 10.6 Å². The van der Waals surface area contributed by atoms with Crippen molar-refractivity contribution in [3.05, 3.63) is 108 Å². The number of benzene rings is 3. The van der Waals surface area contributed by atoms with Crippen molar-refractivity contribution in [3.8, 4) is 0 Å². The molecular formula is C27H29N3O5. The van der Waals surface area contributed by atoms with E-state index < -0.39 is 36.0 Å². The lowest BCUT2D eigenvalue weighted by Gasteiger charge is -2.27. The average Bonchev–Trinajstić information content (AvgIpc) is 2.87. The summed E-state index contributed by atoms with van der Waals surface area (Å²) in [4.78, 5) is 36.9. The third kappa shape index (κ3) is 7.97. The Morgan fingerprint density at radius 2 is 1.34 bits per heavy atom. The van der Waals surface area contributed by atoms with E-state index in [1.807, 2.05) is 91.0 Å². The molecule has 0 aliphatic heterocycles. The van der Waals surface area contributed by atoms with Gasteiger partial charge in [0, 0.05) is 12.5 Å². The maximum Gasteiger partial charge on any atom is 0.407 e. The zero-order chi connectivity index (χ0) is 25.0. The van der Waals surface area contributed by atoms with Crippen LogP contribution in [0.5, 0.6) is 0 Å². The van der Waals surface area contributed by atoms with Crippen molar-refractivity contribution in [2.24, 2.45) is 5.73 Å². The number of hydrogen-bond donors (Lipinski definition) is 4. The molecule has 0 spiro atoms. The number of amides is 3. The van der Waals surface area contributed by atoms with E-state index in [4.69, 9.17) is 10.5 Å². The fraction of sp³-hybridized carbons (Fsp3) is 0.222. The lowest BCUT2D eigenvalue weighted by Crippen LogP contribution is -2.49. The van der Waals surface area contributed by atoms with Crippen LogP contribution >= 0.6 is 0 Å². The fourth-order valence-electron chi connectivity index (χ4n) is 3.71. The average molecular weight is 476 g/mol. The smallest absolute Gasteiger partial charge is 0.407 e. The van der Waals surface area contributed by atoms with Crippen LogP contribution in [0.25, 0.3) is 0 Å². The normalized spacial score (nSPS) is 12.4. The lowest BCUT2D eigenvalue weighted by atomic mass is 9.84. The Kier molecular flexibility index (Phi) is 9.39. The molecule has 3 rings (SSSR count). The predicted octanol–water partition coefficient (Wildman–Crippen LogP) is 2.47. The van der Waals surface area contributed by atoms with Crippen molar-refractivity contribution < 1.29 is 24.2 Å². The number of carbonyl (C=O) groups is 3. The van der Waals surface area contributed by atoms with Gasteiger partial charge in [-0.15, -0.1) is 0 Å². The quantitative estimate of drug-likeness (QED) is 0.338. The number of aliphatic hydroxyl groups excluding tert-OH is 1. The van der Waals surface area contributed by atoms with Crippen LogP contribution in [0.1, 0.15) is 29.0 Å². The van der Waals surface area contributed by atoms with Crippen molar-refractivity contribution in [2.45, 2.75) is 31.1 Å². The Labute approximate surface area is 204 Å². The summed E-state index contributed by atoms with van der Waals surface area (Å²) in [5.74, 6) is -1.78. The number of rotatable bonds is 11. The fourth-order valence-corrected chi connectivity index (χ4v) is 3.71. The Morgan fingerprint density at radius 3 is 1.86 bits per heavy atom. The summed E-state index contributed by atoms with van der Waals surface area (Å²) in [5.41, 5.74) is 8.13. The first-order valence-corrected chi connectivity index (χ1v) is 11.2. The molecule has 0 aromatic heterocycles. The van der Waals surface area contributed by atoms with E-state index >= 15 is 0 Å². The topological polar surface area (TPSA) is 131 Å². The van der Waals surface area contributed by atoms with Gasteiger partial charge in [0.25, 0.3) is 0 Å². The van der Waals surface area contributed by atoms with Crippen molar-refractivity contribution in [1.82, 2.24) is 10.6 Å². The zero-order valence-electron chi connectivity index (χ0n) is 19.2. The van der Waals surface area contributed by atoms with E-state index in [-0.39, 0.29) is 19.6 Å². The van der Waals surface area contributed by atoms with E-state index in [0.29, 0.717) is 0 Å². The van der Waals surface area contributed by atoms with Gasteiger partial charge < -0.3 is 26.2 Å². The molecule has 8 heteroatoms. The molecule has 0 heterocycles. The summed E-state index contributed by atoms with van der Waals surface area (Å²) >= 11 is 0. The van der Waals surface area contributed by atoms with Crippen LogP contribution in [0.2, 0.25) is 0 Å². The molecule has 35 heavy (non-hydrogen) atoms. The number of carbonyl (C=O) groups excluding carboxylic acids is 3. The van der Waals surface area contributed by atoms with Gasteiger partial charge >= 0.3 is 6.09 Å².